The Bertz CT molecular complexity index is 784. The maximum absolute atomic E-state index is 11.8. The number of pyridine rings is 1. The molecule has 3 heterocycles. The highest BCUT2D eigenvalue weighted by molar-refractivity contribution is 5.74. The normalized spacial score (nSPS) is 14.7. The molecular formula is C18H23N5O3. The van der Waals surface area contributed by atoms with Crippen LogP contribution in [0.25, 0.3) is 11.5 Å². The highest BCUT2D eigenvalue weighted by Gasteiger charge is 2.26. The average Bonchev–Trinajstić information content (AvgIpc) is 2.67. The van der Waals surface area contributed by atoms with E-state index in [0.29, 0.717) is 36.8 Å². The maximum atomic E-state index is 11.8. The van der Waals surface area contributed by atoms with E-state index in [0.717, 1.165) is 11.3 Å². The number of aliphatic hydroxyl groups excluding tert-OH is 2. The number of fused-ring (bicyclic) bond motifs is 1. The van der Waals surface area contributed by atoms with Gasteiger partial charge in [-0.3, -0.25) is 9.78 Å². The summed E-state index contributed by atoms with van der Waals surface area (Å²) in [5, 5.41) is 18.9. The number of carbonyl (C=O) groups is 1. The van der Waals surface area contributed by atoms with E-state index in [1.54, 1.807) is 18.0 Å². The minimum atomic E-state index is -0.860. The van der Waals surface area contributed by atoms with Crippen LogP contribution in [0.15, 0.2) is 24.4 Å². The Kier molecular flexibility index (Phi) is 5.43. The highest BCUT2D eigenvalue weighted by atomic mass is 16.3. The molecule has 1 amide bonds. The van der Waals surface area contributed by atoms with Gasteiger partial charge in [0.05, 0.1) is 24.9 Å². The van der Waals surface area contributed by atoms with Gasteiger partial charge in [0.15, 0.2) is 5.82 Å². The molecule has 8 heteroatoms. The monoisotopic (exact) mass is 357 g/mol. The molecule has 0 spiro atoms. The van der Waals surface area contributed by atoms with Gasteiger partial charge in [-0.2, -0.15) is 0 Å². The summed E-state index contributed by atoms with van der Waals surface area (Å²) in [7, 11) is 1.82. The maximum Gasteiger partial charge on any atom is 0.219 e. The second-order valence-corrected chi connectivity index (χ2v) is 6.42. The zero-order chi connectivity index (χ0) is 18.7. The van der Waals surface area contributed by atoms with Crippen LogP contribution in [0, 0.1) is 0 Å². The molecule has 0 aromatic carbocycles. The van der Waals surface area contributed by atoms with Gasteiger partial charge in [-0.1, -0.05) is 6.07 Å². The van der Waals surface area contributed by atoms with Gasteiger partial charge in [0, 0.05) is 38.8 Å². The minimum absolute atomic E-state index is 0.0132. The number of anilines is 1. The van der Waals surface area contributed by atoms with Crippen molar-refractivity contribution in [2.75, 3.05) is 31.6 Å². The molecule has 1 aliphatic rings. The number of rotatable bonds is 5. The summed E-state index contributed by atoms with van der Waals surface area (Å²) in [5.74, 6) is 1.20. The van der Waals surface area contributed by atoms with E-state index in [1.807, 2.05) is 30.1 Å². The third-order valence-corrected chi connectivity index (χ3v) is 4.44. The van der Waals surface area contributed by atoms with Crippen LogP contribution in [0.3, 0.4) is 0 Å². The Morgan fingerprint density at radius 1 is 1.38 bits per heavy atom. The molecule has 0 fully saturated rings. The lowest BCUT2D eigenvalue weighted by Crippen LogP contribution is -2.38. The van der Waals surface area contributed by atoms with Crippen LogP contribution in [-0.4, -0.2) is 68.8 Å². The van der Waals surface area contributed by atoms with Crippen molar-refractivity contribution in [2.45, 2.75) is 26.0 Å². The lowest BCUT2D eigenvalue weighted by molar-refractivity contribution is -0.129. The van der Waals surface area contributed by atoms with Crippen LogP contribution in [0.2, 0.25) is 0 Å². The first kappa shape index (κ1) is 18.2. The van der Waals surface area contributed by atoms with Gasteiger partial charge in [-0.05, 0) is 18.6 Å². The van der Waals surface area contributed by atoms with Crippen molar-refractivity contribution in [3.05, 3.63) is 35.7 Å². The molecule has 2 aromatic heterocycles. The predicted octanol–water partition coefficient (Wildman–Crippen LogP) is 0.233. The van der Waals surface area contributed by atoms with Crippen molar-refractivity contribution in [1.82, 2.24) is 19.9 Å². The minimum Gasteiger partial charge on any atom is -0.394 e. The van der Waals surface area contributed by atoms with Crippen molar-refractivity contribution < 1.29 is 15.0 Å². The van der Waals surface area contributed by atoms with E-state index in [-0.39, 0.29) is 19.1 Å². The molecule has 138 valence electrons. The SMILES string of the molecule is CC(=O)N1CCc2c(nc(-c3ccccn3)nc2N(C)C[C@@H](O)CO)C1. The first-order valence-corrected chi connectivity index (χ1v) is 8.56. The van der Waals surface area contributed by atoms with Gasteiger partial charge in [0.1, 0.15) is 11.5 Å². The highest BCUT2D eigenvalue weighted by Crippen LogP contribution is 2.28. The lowest BCUT2D eigenvalue weighted by Gasteiger charge is -2.31. The second kappa shape index (κ2) is 7.76. The van der Waals surface area contributed by atoms with Gasteiger partial charge in [-0.15, -0.1) is 0 Å². The van der Waals surface area contributed by atoms with Gasteiger partial charge in [0.2, 0.25) is 5.91 Å². The number of aromatic nitrogens is 3. The number of carbonyl (C=O) groups excluding carboxylic acids is 1. The summed E-state index contributed by atoms with van der Waals surface area (Å²) in [6.45, 7) is 2.52. The number of likely N-dealkylation sites (N-methyl/N-ethyl adjacent to an activating group) is 1. The van der Waals surface area contributed by atoms with Gasteiger partial charge in [0.25, 0.3) is 0 Å². The number of hydrogen-bond acceptors (Lipinski definition) is 7. The van der Waals surface area contributed by atoms with E-state index in [1.165, 1.54) is 0 Å². The third kappa shape index (κ3) is 3.81. The van der Waals surface area contributed by atoms with Crippen molar-refractivity contribution in [3.63, 3.8) is 0 Å². The summed E-state index contributed by atoms with van der Waals surface area (Å²) in [5.41, 5.74) is 2.41. The first-order valence-electron chi connectivity index (χ1n) is 8.56. The second-order valence-electron chi connectivity index (χ2n) is 6.42. The molecule has 2 aromatic rings. The summed E-state index contributed by atoms with van der Waals surface area (Å²) in [6.07, 6.45) is 1.46. The van der Waals surface area contributed by atoms with Crippen molar-refractivity contribution in [3.8, 4) is 11.5 Å². The molecule has 0 aliphatic carbocycles. The Hall–Kier alpha value is -2.58. The molecule has 1 atom stereocenters. The largest absolute Gasteiger partial charge is 0.394 e. The number of hydrogen-bond donors (Lipinski definition) is 2. The Labute approximate surface area is 152 Å². The van der Waals surface area contributed by atoms with Crippen LogP contribution < -0.4 is 4.90 Å². The van der Waals surface area contributed by atoms with Crippen LogP contribution in [0.1, 0.15) is 18.2 Å². The van der Waals surface area contributed by atoms with Crippen molar-refractivity contribution in [1.29, 1.82) is 0 Å². The number of amides is 1. The molecule has 26 heavy (non-hydrogen) atoms. The van der Waals surface area contributed by atoms with Crippen LogP contribution in [-0.2, 0) is 17.8 Å². The summed E-state index contributed by atoms with van der Waals surface area (Å²) in [6, 6.07) is 5.52. The Balaban J connectivity index is 2.04. The van der Waals surface area contributed by atoms with Crippen LogP contribution >= 0.6 is 0 Å². The fourth-order valence-corrected chi connectivity index (χ4v) is 3.07. The molecule has 0 radical (unpaired) electrons. The molecule has 0 saturated heterocycles. The molecular weight excluding hydrogens is 334 g/mol. The van der Waals surface area contributed by atoms with E-state index in [9.17, 15) is 9.90 Å². The molecule has 0 bridgehead atoms. The topological polar surface area (TPSA) is 103 Å². The van der Waals surface area contributed by atoms with Crippen LogP contribution in [0.5, 0.6) is 0 Å². The average molecular weight is 357 g/mol. The number of aliphatic hydroxyl groups is 2. The van der Waals surface area contributed by atoms with Crippen molar-refractivity contribution in [2.24, 2.45) is 0 Å². The standard InChI is InChI=1S/C18H23N5O3/c1-12(25)23-8-6-14-16(10-23)20-17(15-5-3-4-7-19-15)21-18(14)22(2)9-13(26)11-24/h3-5,7,13,24,26H,6,8-11H2,1-2H3/t13-/m1/s1. The lowest BCUT2D eigenvalue weighted by atomic mass is 10.0. The van der Waals surface area contributed by atoms with E-state index >= 15 is 0 Å². The summed E-state index contributed by atoms with van der Waals surface area (Å²) < 4.78 is 0. The van der Waals surface area contributed by atoms with E-state index < -0.39 is 6.10 Å². The molecule has 0 unspecified atom stereocenters. The molecule has 2 N–H and O–H groups in total. The third-order valence-electron chi connectivity index (χ3n) is 4.44. The molecule has 0 saturated carbocycles. The summed E-state index contributed by atoms with van der Waals surface area (Å²) in [4.78, 5) is 29.0. The fraction of sp³-hybridized carbons (Fsp3) is 0.444. The van der Waals surface area contributed by atoms with Gasteiger partial charge < -0.3 is 20.0 Å². The number of nitrogens with zero attached hydrogens (tertiary/aromatic N) is 5. The van der Waals surface area contributed by atoms with E-state index in [2.05, 4.69) is 15.0 Å². The zero-order valence-corrected chi connectivity index (χ0v) is 15.0. The van der Waals surface area contributed by atoms with Crippen molar-refractivity contribution >= 4 is 11.7 Å². The van der Waals surface area contributed by atoms with Gasteiger partial charge in [-0.25, -0.2) is 9.97 Å². The van der Waals surface area contributed by atoms with Gasteiger partial charge >= 0.3 is 0 Å². The molecule has 1 aliphatic heterocycles. The quantitative estimate of drug-likeness (QED) is 0.790. The first-order chi connectivity index (χ1) is 12.5. The smallest absolute Gasteiger partial charge is 0.219 e. The zero-order valence-electron chi connectivity index (χ0n) is 15.0. The molecule has 3 rings (SSSR count). The predicted molar refractivity (Wildman–Crippen MR) is 96.4 cm³/mol. The molecule has 8 nitrogen and oxygen atoms in total. The van der Waals surface area contributed by atoms with Crippen LogP contribution in [0.4, 0.5) is 5.82 Å². The van der Waals surface area contributed by atoms with E-state index in [4.69, 9.17) is 5.11 Å². The summed E-state index contributed by atoms with van der Waals surface area (Å²) >= 11 is 0. The Morgan fingerprint density at radius 3 is 2.85 bits per heavy atom. The Morgan fingerprint density at radius 2 is 2.19 bits per heavy atom. The fourth-order valence-electron chi connectivity index (χ4n) is 3.07.